The maximum Gasteiger partial charge on any atom is 0.331 e. The van der Waals surface area contributed by atoms with Gasteiger partial charge in [0.2, 0.25) is 0 Å². The van der Waals surface area contributed by atoms with Crippen LogP contribution in [0.3, 0.4) is 0 Å². The Balaban J connectivity index is -0.00000193. The summed E-state index contributed by atoms with van der Waals surface area (Å²) in [5.41, 5.74) is 25.4. The first kappa shape index (κ1) is 73.2. The lowest BCUT2D eigenvalue weighted by atomic mass is 10.1. The summed E-state index contributed by atoms with van der Waals surface area (Å²) in [6.45, 7) is 8.85. The van der Waals surface area contributed by atoms with Gasteiger partial charge < -0.3 is 50.8 Å². The molecule has 8 N–H and O–H groups in total. The number of nitrogens with two attached hydrogens (primary N) is 4. The van der Waals surface area contributed by atoms with Gasteiger partial charge in [-0.1, -0.05) is 112 Å². The van der Waals surface area contributed by atoms with Gasteiger partial charge >= 0.3 is 15.2 Å². The summed E-state index contributed by atoms with van der Waals surface area (Å²) in [5, 5.41) is 0. The van der Waals surface area contributed by atoms with Crippen LogP contribution in [0.5, 0.6) is 0 Å². The number of unbranched alkanes of at least 4 members (excludes halogenated alkanes) is 9. The van der Waals surface area contributed by atoms with Gasteiger partial charge in [-0.05, 0) is 115 Å². The number of hydrogen-bond donors (Lipinski definition) is 4. The minimum absolute atomic E-state index is 0. The highest BCUT2D eigenvalue weighted by molar-refractivity contribution is 7.54. The third-order valence-electron chi connectivity index (χ3n) is 10.3. The fourth-order valence-corrected chi connectivity index (χ4v) is 9.99. The molecule has 0 spiro atoms. The highest BCUT2D eigenvalue weighted by Crippen LogP contribution is 2.49. The SMILES string of the molecule is Cl.Cl.Cl.Cl.Cl.Cl.NCCCN(CCCN)CCP(=O)(OCCCCCCCCCCCCOP(=O)(CCN(CCCN)CCCN)OCCc1ccccc1)OCCc1ccccc1. The van der Waals surface area contributed by atoms with Crippen molar-refractivity contribution < 1.29 is 27.2 Å². The average Bonchev–Trinajstić information content (AvgIpc) is 3.24. The van der Waals surface area contributed by atoms with Gasteiger partial charge in [-0.2, -0.15) is 0 Å². The van der Waals surface area contributed by atoms with Gasteiger partial charge in [0.25, 0.3) is 0 Å². The van der Waals surface area contributed by atoms with Crippen LogP contribution in [0.2, 0.25) is 0 Å². The normalized spacial score (nSPS) is 12.7. The third kappa shape index (κ3) is 39.1. The zero-order chi connectivity index (χ0) is 41.8. The van der Waals surface area contributed by atoms with Crippen molar-refractivity contribution in [2.45, 2.75) is 103 Å². The minimum atomic E-state index is -3.24. The largest absolute Gasteiger partial charge is 0.331 e. The number of halogens is 6. The minimum Gasteiger partial charge on any atom is -0.330 e. The van der Waals surface area contributed by atoms with E-state index in [1.165, 1.54) is 25.7 Å². The second-order valence-corrected chi connectivity index (χ2v) is 19.6. The maximum absolute atomic E-state index is 13.9. The summed E-state index contributed by atoms with van der Waals surface area (Å²) in [7, 11) is -6.49. The molecule has 20 heteroatoms. The van der Waals surface area contributed by atoms with Gasteiger partial charge in [-0.3, -0.25) is 9.13 Å². The molecule has 2 atom stereocenters. The van der Waals surface area contributed by atoms with Crippen LogP contribution in [0.1, 0.15) is 101 Å². The van der Waals surface area contributed by atoms with Gasteiger partial charge in [0.05, 0.1) is 38.8 Å². The van der Waals surface area contributed by atoms with Crippen molar-refractivity contribution in [3.63, 3.8) is 0 Å². The molecular formula is C44H88Cl6N6O6P2. The van der Waals surface area contributed by atoms with E-state index in [9.17, 15) is 9.13 Å². The molecule has 382 valence electrons. The van der Waals surface area contributed by atoms with E-state index in [2.05, 4.69) is 34.1 Å². The Morgan fingerprint density at radius 2 is 0.625 bits per heavy atom. The van der Waals surface area contributed by atoms with E-state index in [1.807, 2.05) is 36.4 Å². The van der Waals surface area contributed by atoms with E-state index in [4.69, 9.17) is 41.0 Å². The van der Waals surface area contributed by atoms with E-state index in [-0.39, 0.29) is 74.4 Å². The van der Waals surface area contributed by atoms with Crippen LogP contribution in [0.25, 0.3) is 0 Å². The molecule has 0 heterocycles. The summed E-state index contributed by atoms with van der Waals surface area (Å²) >= 11 is 0. The Morgan fingerprint density at radius 3 is 0.906 bits per heavy atom. The monoisotopic (exact) mass is 1070 g/mol. The van der Waals surface area contributed by atoms with Gasteiger partial charge in [0, 0.05) is 13.1 Å². The van der Waals surface area contributed by atoms with Gasteiger partial charge in [0.15, 0.2) is 0 Å². The molecule has 2 unspecified atom stereocenters. The fourth-order valence-electron chi connectivity index (χ4n) is 6.71. The second kappa shape index (κ2) is 49.7. The zero-order valence-electron chi connectivity index (χ0n) is 38.4. The Kier molecular flexibility index (Phi) is 56.8. The molecular weight excluding hydrogens is 983 g/mol. The van der Waals surface area contributed by atoms with Crippen molar-refractivity contribution >= 4 is 89.6 Å². The van der Waals surface area contributed by atoms with E-state index >= 15 is 0 Å². The molecule has 0 radical (unpaired) electrons. The molecule has 0 aromatic heterocycles. The molecule has 64 heavy (non-hydrogen) atoms. The lowest BCUT2D eigenvalue weighted by Crippen LogP contribution is -2.31. The first-order valence-electron chi connectivity index (χ1n) is 22.4. The molecule has 2 rings (SSSR count). The summed E-state index contributed by atoms with van der Waals surface area (Å²) in [4.78, 5) is 4.55. The predicted octanol–water partition coefficient (Wildman–Crippen LogP) is 10.4. The van der Waals surface area contributed by atoms with Crippen LogP contribution in [0.15, 0.2) is 60.7 Å². The van der Waals surface area contributed by atoms with E-state index in [1.54, 1.807) is 0 Å². The maximum atomic E-state index is 13.9. The van der Waals surface area contributed by atoms with Crippen LogP contribution in [-0.4, -0.2) is 114 Å². The molecule has 2 aromatic carbocycles. The first-order chi connectivity index (χ1) is 28.3. The number of nitrogens with zero attached hydrogens (tertiary/aromatic N) is 2. The van der Waals surface area contributed by atoms with Gasteiger partial charge in [-0.15, -0.1) is 74.4 Å². The topological polar surface area (TPSA) is 182 Å². The van der Waals surface area contributed by atoms with Gasteiger partial charge in [-0.25, -0.2) is 0 Å². The molecule has 0 amide bonds. The molecule has 0 bridgehead atoms. The Hall–Kier alpha value is 0.240. The summed E-state index contributed by atoms with van der Waals surface area (Å²) in [6.07, 6.45) is 16.6. The quantitative estimate of drug-likeness (QED) is 0.0366. The van der Waals surface area contributed by atoms with Crippen molar-refractivity contribution in [2.24, 2.45) is 22.9 Å². The highest BCUT2D eigenvalue weighted by atomic mass is 35.5. The smallest absolute Gasteiger partial charge is 0.330 e. The predicted molar refractivity (Wildman–Crippen MR) is 286 cm³/mol. The molecule has 2 aromatic rings. The number of benzene rings is 2. The zero-order valence-corrected chi connectivity index (χ0v) is 45.1. The molecule has 0 aliphatic heterocycles. The molecule has 0 aliphatic carbocycles. The third-order valence-corrected chi connectivity index (χ3v) is 14.1. The van der Waals surface area contributed by atoms with Crippen LogP contribution in [0.4, 0.5) is 0 Å². The molecule has 0 saturated carbocycles. The fraction of sp³-hybridized carbons (Fsp3) is 0.727. The average molecular weight is 1070 g/mol. The van der Waals surface area contributed by atoms with Gasteiger partial charge in [0.1, 0.15) is 0 Å². The molecule has 0 saturated heterocycles. The summed E-state index contributed by atoms with van der Waals surface area (Å²) in [5.74, 6) is 0. The van der Waals surface area contributed by atoms with Crippen molar-refractivity contribution in [1.29, 1.82) is 0 Å². The molecule has 12 nitrogen and oxygen atoms in total. The van der Waals surface area contributed by atoms with E-state index in [0.717, 1.165) is 102 Å². The Morgan fingerprint density at radius 1 is 0.359 bits per heavy atom. The van der Waals surface area contributed by atoms with Crippen molar-refractivity contribution in [3.05, 3.63) is 71.8 Å². The van der Waals surface area contributed by atoms with E-state index in [0.29, 0.717) is 90.9 Å². The summed E-state index contributed by atoms with van der Waals surface area (Å²) < 4.78 is 51.8. The lowest BCUT2D eigenvalue weighted by Gasteiger charge is -2.25. The van der Waals surface area contributed by atoms with Crippen LogP contribution in [-0.2, 0) is 40.1 Å². The molecule has 0 aliphatic rings. The lowest BCUT2D eigenvalue weighted by molar-refractivity contribution is 0.194. The van der Waals surface area contributed by atoms with Crippen LogP contribution in [0, 0.1) is 0 Å². The van der Waals surface area contributed by atoms with Crippen molar-refractivity contribution in [3.8, 4) is 0 Å². The first-order valence-corrected chi connectivity index (χ1v) is 25.9. The van der Waals surface area contributed by atoms with Crippen LogP contribution >= 0.6 is 89.6 Å². The van der Waals surface area contributed by atoms with Crippen LogP contribution < -0.4 is 22.9 Å². The van der Waals surface area contributed by atoms with E-state index < -0.39 is 15.2 Å². The van der Waals surface area contributed by atoms with Crippen molar-refractivity contribution in [1.82, 2.24) is 9.80 Å². The Labute approximate surface area is 425 Å². The highest BCUT2D eigenvalue weighted by Gasteiger charge is 2.27. The number of hydrogen-bond acceptors (Lipinski definition) is 12. The number of rotatable bonds is 41. The Bertz CT molecular complexity index is 1230. The van der Waals surface area contributed by atoms with Crippen molar-refractivity contribution in [2.75, 3.05) is 104 Å². The summed E-state index contributed by atoms with van der Waals surface area (Å²) in [6, 6.07) is 20.3. The molecule has 0 fully saturated rings. The standard InChI is InChI=1S/C44H82N6O6P2.6ClH/c45-27-17-31-49(32-18-28-46)35-41-57(51,55-39-25-43-21-11-9-12-22-43)53-37-15-7-5-3-1-2-4-6-8-16-38-54-58(52,56-40-26-44-23-13-10-14-24-44)42-36-50(33-19-29-47)34-20-30-48;;;;;;/h9-14,21-24H,1-8,15-20,25-42,45-48H2;6*1H. The second-order valence-electron chi connectivity index (χ2n) is 15.3.